The van der Waals surface area contributed by atoms with Gasteiger partial charge in [-0.05, 0) is 0 Å². The average Bonchev–Trinajstić information content (AvgIpc) is 2.12. The van der Waals surface area contributed by atoms with Crippen LogP contribution in [0.25, 0.3) is 0 Å². The lowest BCUT2D eigenvalue weighted by atomic mass is 10.4. The van der Waals surface area contributed by atoms with Gasteiger partial charge >= 0.3 is 5.97 Å². The Labute approximate surface area is 50.8 Å². The Morgan fingerprint density at radius 3 is 3.00 bits per heavy atom. The van der Waals surface area contributed by atoms with Crippen LogP contribution < -0.4 is 0 Å². The van der Waals surface area contributed by atoms with Gasteiger partial charge in [0.25, 0.3) is 0 Å². The van der Waals surface area contributed by atoms with Crippen molar-refractivity contribution >= 4 is 23.3 Å². The van der Waals surface area contributed by atoms with E-state index in [2.05, 4.69) is 4.99 Å². The van der Waals surface area contributed by atoms with Crippen molar-refractivity contribution in [1.29, 1.82) is 0 Å². The third-order valence-corrected chi connectivity index (χ3v) is 1.80. The predicted molar refractivity (Wildman–Crippen MR) is 32.4 cm³/mol. The Balaban J connectivity index is 2.41. The number of rotatable bonds is 1. The predicted octanol–water partition coefficient (Wildman–Crippen LogP) is 0.215. The normalized spacial score (nSPS) is 26.2. The molecule has 0 fully saturated rings. The average molecular weight is 131 g/mol. The van der Waals surface area contributed by atoms with Crippen LogP contribution in [0.2, 0.25) is 0 Å². The monoisotopic (exact) mass is 131 g/mol. The Morgan fingerprint density at radius 2 is 2.75 bits per heavy atom. The van der Waals surface area contributed by atoms with Crippen LogP contribution in [-0.2, 0) is 4.79 Å². The first-order valence-electron chi connectivity index (χ1n) is 2.17. The summed E-state index contributed by atoms with van der Waals surface area (Å²) in [5.74, 6) is -0.771. The van der Waals surface area contributed by atoms with Gasteiger partial charge in [-0.1, -0.05) is 11.8 Å². The summed E-state index contributed by atoms with van der Waals surface area (Å²) >= 11 is 1.26. The number of hydrogen-bond donors (Lipinski definition) is 1. The van der Waals surface area contributed by atoms with Gasteiger partial charge in [0, 0.05) is 0 Å². The molecule has 1 rings (SSSR count). The Bertz CT molecular complexity index is 126. The van der Waals surface area contributed by atoms with Crippen molar-refractivity contribution in [3.05, 3.63) is 0 Å². The highest BCUT2D eigenvalue weighted by atomic mass is 32.2. The molecule has 1 aliphatic heterocycles. The molecule has 0 saturated carbocycles. The van der Waals surface area contributed by atoms with Crippen molar-refractivity contribution in [3.63, 3.8) is 0 Å². The second kappa shape index (κ2) is 2.17. The van der Waals surface area contributed by atoms with Crippen LogP contribution in [0.15, 0.2) is 4.99 Å². The van der Waals surface area contributed by atoms with Gasteiger partial charge in [0.05, 0.1) is 12.1 Å². The maximum atomic E-state index is 10.1. The van der Waals surface area contributed by atoms with Gasteiger partial charge in [-0.3, -0.25) is 9.79 Å². The largest absolute Gasteiger partial charge is 0.480 e. The van der Waals surface area contributed by atoms with Crippen LogP contribution in [0.1, 0.15) is 0 Å². The Hall–Kier alpha value is -0.510. The number of thioether (sulfide) groups is 1. The molecule has 1 unspecified atom stereocenters. The molecular formula is C4H5NO2S. The van der Waals surface area contributed by atoms with Gasteiger partial charge < -0.3 is 5.11 Å². The molecule has 0 spiro atoms. The molecule has 1 atom stereocenters. The van der Waals surface area contributed by atoms with Gasteiger partial charge in [0.15, 0.2) is 0 Å². The molecule has 1 heterocycles. The van der Waals surface area contributed by atoms with Crippen molar-refractivity contribution in [2.24, 2.45) is 4.99 Å². The quantitative estimate of drug-likeness (QED) is 0.553. The van der Waals surface area contributed by atoms with E-state index in [0.29, 0.717) is 6.54 Å². The zero-order valence-electron chi connectivity index (χ0n) is 4.07. The molecule has 1 aliphatic rings. The second-order valence-electron chi connectivity index (χ2n) is 1.43. The lowest BCUT2D eigenvalue weighted by Crippen LogP contribution is -2.15. The van der Waals surface area contributed by atoms with Crippen molar-refractivity contribution in [2.45, 2.75) is 5.25 Å². The van der Waals surface area contributed by atoms with Gasteiger partial charge in [-0.2, -0.15) is 0 Å². The van der Waals surface area contributed by atoms with Crippen LogP contribution >= 0.6 is 11.8 Å². The first-order valence-corrected chi connectivity index (χ1v) is 3.11. The molecule has 1 N–H and O–H groups in total. The lowest BCUT2D eigenvalue weighted by molar-refractivity contribution is -0.136. The van der Waals surface area contributed by atoms with E-state index in [0.717, 1.165) is 0 Å². The molecule has 44 valence electrons. The third kappa shape index (κ3) is 1.01. The molecule has 0 saturated heterocycles. The van der Waals surface area contributed by atoms with Gasteiger partial charge in [0.2, 0.25) is 0 Å². The van der Waals surface area contributed by atoms with E-state index < -0.39 is 5.97 Å². The molecule has 8 heavy (non-hydrogen) atoms. The second-order valence-corrected chi connectivity index (χ2v) is 2.49. The van der Waals surface area contributed by atoms with Crippen LogP contribution in [0.3, 0.4) is 0 Å². The van der Waals surface area contributed by atoms with Crippen LogP contribution in [0, 0.1) is 0 Å². The van der Waals surface area contributed by atoms with Crippen molar-refractivity contribution < 1.29 is 9.90 Å². The number of carboxylic acids is 1. The summed E-state index contributed by atoms with van der Waals surface area (Å²) < 4.78 is 0. The number of aliphatic carboxylic acids is 1. The molecule has 0 bridgehead atoms. The van der Waals surface area contributed by atoms with E-state index in [1.54, 1.807) is 5.55 Å². The number of aliphatic imine (C=N–C) groups is 1. The summed E-state index contributed by atoms with van der Waals surface area (Å²) in [4.78, 5) is 13.8. The van der Waals surface area contributed by atoms with E-state index >= 15 is 0 Å². The zero-order valence-corrected chi connectivity index (χ0v) is 4.89. The summed E-state index contributed by atoms with van der Waals surface area (Å²) in [5.41, 5.74) is 1.58. The van der Waals surface area contributed by atoms with Crippen molar-refractivity contribution in [1.82, 2.24) is 0 Å². The third-order valence-electron chi connectivity index (χ3n) is 0.846. The van der Waals surface area contributed by atoms with Crippen LogP contribution in [-0.4, -0.2) is 28.4 Å². The molecule has 0 aromatic rings. The van der Waals surface area contributed by atoms with E-state index in [9.17, 15) is 4.79 Å². The number of carbonyl (C=O) groups is 1. The summed E-state index contributed by atoms with van der Waals surface area (Å²) in [6.45, 7) is 0.431. The molecular weight excluding hydrogens is 126 g/mol. The first-order chi connectivity index (χ1) is 3.80. The standard InChI is InChI=1S/C4H5NO2S/c6-4(7)3-1-5-2-8-3/h2-3H,1H2,(H,6,7). The fraction of sp³-hybridized carbons (Fsp3) is 0.500. The lowest BCUT2D eigenvalue weighted by Gasteiger charge is -1.95. The van der Waals surface area contributed by atoms with Gasteiger partial charge in [-0.25, -0.2) is 0 Å². The Kier molecular flexibility index (Phi) is 1.53. The molecule has 4 heteroatoms. The summed E-state index contributed by atoms with van der Waals surface area (Å²) in [7, 11) is 0. The highest BCUT2D eigenvalue weighted by Gasteiger charge is 2.19. The minimum atomic E-state index is -0.771. The van der Waals surface area contributed by atoms with Crippen LogP contribution in [0.5, 0.6) is 0 Å². The first kappa shape index (κ1) is 5.62. The minimum Gasteiger partial charge on any atom is -0.480 e. The number of hydrogen-bond acceptors (Lipinski definition) is 3. The topological polar surface area (TPSA) is 49.7 Å². The van der Waals surface area contributed by atoms with E-state index in [-0.39, 0.29) is 5.25 Å². The van der Waals surface area contributed by atoms with E-state index in [4.69, 9.17) is 5.11 Å². The molecule has 0 radical (unpaired) electrons. The fourth-order valence-electron chi connectivity index (χ4n) is 0.435. The smallest absolute Gasteiger partial charge is 0.318 e. The summed E-state index contributed by atoms with van der Waals surface area (Å²) in [5, 5.41) is 7.99. The van der Waals surface area contributed by atoms with Crippen molar-refractivity contribution in [3.8, 4) is 0 Å². The molecule has 0 amide bonds. The van der Waals surface area contributed by atoms with E-state index in [1.807, 2.05) is 0 Å². The van der Waals surface area contributed by atoms with Crippen molar-refractivity contribution in [2.75, 3.05) is 6.54 Å². The highest BCUT2D eigenvalue weighted by molar-refractivity contribution is 8.13. The zero-order chi connectivity index (χ0) is 5.98. The number of carboxylic acid groups (broad SMARTS) is 1. The SMILES string of the molecule is O=C(O)C1CN=CS1. The maximum absolute atomic E-state index is 10.1. The van der Waals surface area contributed by atoms with Gasteiger partial charge in [-0.15, -0.1) is 0 Å². The molecule has 0 aliphatic carbocycles. The molecule has 3 nitrogen and oxygen atoms in total. The Morgan fingerprint density at radius 1 is 2.00 bits per heavy atom. The minimum absolute atomic E-state index is 0.324. The summed E-state index contributed by atoms with van der Waals surface area (Å²) in [6.07, 6.45) is 0. The fourth-order valence-corrected chi connectivity index (χ4v) is 1.04. The summed E-state index contributed by atoms with van der Waals surface area (Å²) in [6, 6.07) is 0. The van der Waals surface area contributed by atoms with Gasteiger partial charge in [0.1, 0.15) is 5.25 Å². The molecule has 0 aromatic heterocycles. The van der Waals surface area contributed by atoms with E-state index in [1.165, 1.54) is 11.8 Å². The molecule has 0 aromatic carbocycles. The number of nitrogens with zero attached hydrogens (tertiary/aromatic N) is 1. The maximum Gasteiger partial charge on any atom is 0.318 e. The highest BCUT2D eigenvalue weighted by Crippen LogP contribution is 2.13. The van der Waals surface area contributed by atoms with Crippen LogP contribution in [0.4, 0.5) is 0 Å².